The molecule has 0 aliphatic heterocycles. The topological polar surface area (TPSA) is 59.3 Å². The maximum Gasteiger partial charge on any atom is 0.252 e. The molecule has 126 valence electrons. The number of rotatable bonds is 5. The Hall–Kier alpha value is -2.03. The van der Waals surface area contributed by atoms with Gasteiger partial charge in [-0.2, -0.15) is 4.98 Å². The Kier molecular flexibility index (Phi) is 4.65. The normalized spacial score (nSPS) is 11.1. The first-order valence-corrected chi connectivity index (χ1v) is 10.2. The van der Waals surface area contributed by atoms with Gasteiger partial charge in [-0.1, -0.05) is 18.2 Å². The minimum Gasteiger partial charge on any atom is -0.352 e. The molecule has 0 unspecified atom stereocenters. The molecule has 0 bridgehead atoms. The van der Waals surface area contributed by atoms with Gasteiger partial charge < -0.3 is 5.32 Å². The summed E-state index contributed by atoms with van der Waals surface area (Å²) in [4.78, 5) is 18.7. The first kappa shape index (κ1) is 16.4. The number of hydrogen-bond donors (Lipinski definition) is 1. The molecule has 8 heteroatoms. The van der Waals surface area contributed by atoms with Crippen LogP contribution in [0.15, 0.2) is 51.6 Å². The molecule has 0 saturated carbocycles. The Bertz CT molecular complexity index is 1020. The largest absolute Gasteiger partial charge is 0.352 e. The second kappa shape index (κ2) is 7.07. The number of aromatic nitrogens is 3. The van der Waals surface area contributed by atoms with Gasteiger partial charge in [-0.3, -0.25) is 4.79 Å². The molecule has 3 heterocycles. The van der Waals surface area contributed by atoms with E-state index in [1.54, 1.807) is 28.7 Å². The zero-order chi connectivity index (χ0) is 17.2. The summed E-state index contributed by atoms with van der Waals surface area (Å²) < 4.78 is 2.66. The van der Waals surface area contributed by atoms with Gasteiger partial charge in [0.2, 0.25) is 4.96 Å². The number of hydrogen-bond acceptors (Lipinski definition) is 5. The molecule has 1 aromatic carbocycles. The number of benzene rings is 1. The summed E-state index contributed by atoms with van der Waals surface area (Å²) >= 11 is 6.59. The van der Waals surface area contributed by atoms with Crippen LogP contribution < -0.4 is 5.32 Å². The van der Waals surface area contributed by atoms with E-state index in [9.17, 15) is 4.79 Å². The van der Waals surface area contributed by atoms with Gasteiger partial charge >= 0.3 is 0 Å². The van der Waals surface area contributed by atoms with E-state index in [0.717, 1.165) is 25.8 Å². The number of carbonyl (C=O) groups excluding carboxylic acids is 1. The summed E-state index contributed by atoms with van der Waals surface area (Å²) in [7, 11) is 0. The number of nitrogens with one attached hydrogen (secondary N) is 1. The van der Waals surface area contributed by atoms with Crippen LogP contribution in [-0.4, -0.2) is 27.0 Å². The van der Waals surface area contributed by atoms with Gasteiger partial charge in [-0.25, -0.2) is 4.52 Å². The summed E-state index contributed by atoms with van der Waals surface area (Å²) in [5.41, 5.74) is 1.68. The highest BCUT2D eigenvalue weighted by molar-refractivity contribution is 9.10. The Labute approximate surface area is 160 Å². The van der Waals surface area contributed by atoms with Crippen molar-refractivity contribution in [2.45, 2.75) is 6.42 Å². The van der Waals surface area contributed by atoms with Crippen molar-refractivity contribution in [2.75, 3.05) is 6.54 Å². The molecular formula is C17H13BrN4OS2. The van der Waals surface area contributed by atoms with Crippen LogP contribution in [0.5, 0.6) is 0 Å². The van der Waals surface area contributed by atoms with Crippen LogP contribution in [0.3, 0.4) is 0 Å². The van der Waals surface area contributed by atoms with E-state index in [0.29, 0.717) is 18.5 Å². The molecule has 0 aliphatic carbocycles. The van der Waals surface area contributed by atoms with E-state index in [-0.39, 0.29) is 5.91 Å². The molecule has 0 atom stereocenters. The number of fused-ring (bicyclic) bond motifs is 1. The highest BCUT2D eigenvalue weighted by atomic mass is 79.9. The Morgan fingerprint density at radius 3 is 2.88 bits per heavy atom. The van der Waals surface area contributed by atoms with Crippen molar-refractivity contribution in [3.05, 3.63) is 62.9 Å². The first-order valence-electron chi connectivity index (χ1n) is 7.62. The molecule has 1 amide bonds. The van der Waals surface area contributed by atoms with Crippen LogP contribution in [0.2, 0.25) is 0 Å². The van der Waals surface area contributed by atoms with E-state index < -0.39 is 0 Å². The average Bonchev–Trinajstić information content (AvgIpc) is 3.32. The first-order chi connectivity index (χ1) is 12.2. The van der Waals surface area contributed by atoms with Crippen LogP contribution >= 0.6 is 38.6 Å². The van der Waals surface area contributed by atoms with E-state index in [4.69, 9.17) is 0 Å². The fraction of sp³-hybridized carbons (Fsp3) is 0.118. The number of carbonyl (C=O) groups is 1. The summed E-state index contributed by atoms with van der Waals surface area (Å²) in [5, 5.41) is 11.6. The molecule has 4 rings (SSSR count). The fourth-order valence-corrected chi connectivity index (χ4v) is 4.43. The smallest absolute Gasteiger partial charge is 0.252 e. The van der Waals surface area contributed by atoms with Crippen molar-refractivity contribution in [1.82, 2.24) is 19.9 Å². The third kappa shape index (κ3) is 3.37. The second-order valence-electron chi connectivity index (χ2n) is 5.32. The van der Waals surface area contributed by atoms with Crippen molar-refractivity contribution in [1.29, 1.82) is 0 Å². The predicted octanol–water partition coefficient (Wildman–Crippen LogP) is 4.25. The highest BCUT2D eigenvalue weighted by Gasteiger charge is 2.13. The molecule has 1 N–H and O–H groups in total. The molecule has 0 aliphatic rings. The van der Waals surface area contributed by atoms with Gasteiger partial charge in [0, 0.05) is 22.8 Å². The van der Waals surface area contributed by atoms with Crippen LogP contribution in [-0.2, 0) is 6.42 Å². The minimum absolute atomic E-state index is 0.0863. The quantitative estimate of drug-likeness (QED) is 0.512. The van der Waals surface area contributed by atoms with Crippen molar-refractivity contribution < 1.29 is 4.79 Å². The van der Waals surface area contributed by atoms with Crippen LogP contribution in [0, 0.1) is 0 Å². The number of thiazole rings is 1. The second-order valence-corrected chi connectivity index (χ2v) is 7.96. The van der Waals surface area contributed by atoms with Crippen molar-refractivity contribution in [3.63, 3.8) is 0 Å². The molecule has 4 aromatic rings. The number of thiophene rings is 1. The van der Waals surface area contributed by atoms with Gasteiger partial charge in [0.15, 0.2) is 5.82 Å². The number of halogens is 1. The monoisotopic (exact) mass is 432 g/mol. The van der Waals surface area contributed by atoms with Gasteiger partial charge in [-0.05, 0) is 39.5 Å². The standard InChI is InChI=1S/C17H13BrN4OS2/c18-13-5-2-1-4-12(13)16(23)19-8-7-11-10-25-17-20-15(21-22(11)17)14-6-3-9-24-14/h1-6,9-10H,7-8H2,(H,19,23). The molecule has 0 saturated heterocycles. The summed E-state index contributed by atoms with van der Waals surface area (Å²) in [6, 6.07) is 11.4. The maximum absolute atomic E-state index is 12.2. The van der Waals surface area contributed by atoms with Gasteiger partial charge in [0.25, 0.3) is 5.91 Å². The van der Waals surface area contributed by atoms with E-state index in [2.05, 4.69) is 31.3 Å². The lowest BCUT2D eigenvalue weighted by Crippen LogP contribution is -2.26. The van der Waals surface area contributed by atoms with Crippen LogP contribution in [0.1, 0.15) is 16.1 Å². The van der Waals surface area contributed by atoms with E-state index in [1.807, 2.05) is 45.6 Å². The minimum atomic E-state index is -0.0863. The van der Waals surface area contributed by atoms with Gasteiger partial charge in [0.1, 0.15) is 0 Å². The van der Waals surface area contributed by atoms with E-state index in [1.165, 1.54) is 0 Å². The SMILES string of the molecule is O=C(NCCc1csc2nc(-c3cccs3)nn12)c1ccccc1Br. The summed E-state index contributed by atoms with van der Waals surface area (Å²) in [6.45, 7) is 0.542. The summed E-state index contributed by atoms with van der Waals surface area (Å²) in [5.74, 6) is 0.664. The van der Waals surface area contributed by atoms with Crippen molar-refractivity contribution in [2.24, 2.45) is 0 Å². The maximum atomic E-state index is 12.2. The Morgan fingerprint density at radius 1 is 1.20 bits per heavy atom. The predicted molar refractivity (Wildman–Crippen MR) is 104 cm³/mol. The lowest BCUT2D eigenvalue weighted by atomic mass is 10.2. The summed E-state index contributed by atoms with van der Waals surface area (Å²) in [6.07, 6.45) is 0.698. The fourth-order valence-electron chi connectivity index (χ4n) is 2.45. The Morgan fingerprint density at radius 2 is 2.08 bits per heavy atom. The Balaban J connectivity index is 1.45. The third-order valence-electron chi connectivity index (χ3n) is 3.68. The molecule has 25 heavy (non-hydrogen) atoms. The van der Waals surface area contributed by atoms with Crippen molar-refractivity contribution >= 4 is 49.5 Å². The molecule has 3 aromatic heterocycles. The third-order valence-corrected chi connectivity index (χ3v) is 6.10. The molecule has 0 radical (unpaired) electrons. The average molecular weight is 433 g/mol. The zero-order valence-electron chi connectivity index (χ0n) is 13.0. The molecule has 0 spiro atoms. The molecular weight excluding hydrogens is 420 g/mol. The van der Waals surface area contributed by atoms with Gasteiger partial charge in [0.05, 0.1) is 16.1 Å². The molecule has 5 nitrogen and oxygen atoms in total. The number of amides is 1. The van der Waals surface area contributed by atoms with Crippen LogP contribution in [0.25, 0.3) is 15.7 Å². The zero-order valence-corrected chi connectivity index (χ0v) is 16.2. The van der Waals surface area contributed by atoms with Crippen LogP contribution in [0.4, 0.5) is 0 Å². The van der Waals surface area contributed by atoms with Crippen molar-refractivity contribution in [3.8, 4) is 10.7 Å². The van der Waals surface area contributed by atoms with Gasteiger partial charge in [-0.15, -0.1) is 27.8 Å². The highest BCUT2D eigenvalue weighted by Crippen LogP contribution is 2.24. The molecule has 0 fully saturated rings. The van der Waals surface area contributed by atoms with E-state index >= 15 is 0 Å². The number of nitrogens with zero attached hydrogens (tertiary/aromatic N) is 3. The lowest BCUT2D eigenvalue weighted by Gasteiger charge is -2.06. The lowest BCUT2D eigenvalue weighted by molar-refractivity contribution is 0.0953.